The monoisotopic (exact) mass is 298 g/mol. The van der Waals surface area contributed by atoms with Crippen molar-refractivity contribution in [3.8, 4) is 0 Å². The van der Waals surface area contributed by atoms with Crippen molar-refractivity contribution < 1.29 is 0 Å². The van der Waals surface area contributed by atoms with E-state index in [0.29, 0.717) is 0 Å². The molecular formula is C17H38N4. The molecule has 4 heteroatoms. The van der Waals surface area contributed by atoms with Gasteiger partial charge in [0, 0.05) is 38.3 Å². The van der Waals surface area contributed by atoms with Gasteiger partial charge in [0.15, 0.2) is 0 Å². The predicted molar refractivity (Wildman–Crippen MR) is 93.0 cm³/mol. The van der Waals surface area contributed by atoms with Gasteiger partial charge in [-0.25, -0.2) is 0 Å². The SMILES string of the molecule is CCN(CC)CCCN(CC)CC(C)(C)N1CCNCC1. The zero-order chi connectivity index (χ0) is 15.7. The van der Waals surface area contributed by atoms with Gasteiger partial charge >= 0.3 is 0 Å². The smallest absolute Gasteiger partial charge is 0.0281 e. The van der Waals surface area contributed by atoms with E-state index in [2.05, 4.69) is 54.6 Å². The lowest BCUT2D eigenvalue weighted by atomic mass is 10.0. The minimum absolute atomic E-state index is 0.285. The Morgan fingerprint density at radius 1 is 0.905 bits per heavy atom. The fraction of sp³-hybridized carbons (Fsp3) is 1.00. The van der Waals surface area contributed by atoms with Gasteiger partial charge < -0.3 is 15.1 Å². The molecule has 0 saturated carbocycles. The van der Waals surface area contributed by atoms with Crippen molar-refractivity contribution in [2.24, 2.45) is 0 Å². The maximum absolute atomic E-state index is 3.45. The Morgan fingerprint density at radius 3 is 1.95 bits per heavy atom. The Hall–Kier alpha value is -0.160. The Kier molecular flexibility index (Phi) is 8.79. The number of likely N-dealkylation sites (N-methyl/N-ethyl adjacent to an activating group) is 1. The van der Waals surface area contributed by atoms with Gasteiger partial charge in [0.2, 0.25) is 0 Å². The first-order valence-corrected chi connectivity index (χ1v) is 8.94. The van der Waals surface area contributed by atoms with E-state index in [1.807, 2.05) is 0 Å². The van der Waals surface area contributed by atoms with E-state index in [-0.39, 0.29) is 5.54 Å². The van der Waals surface area contributed by atoms with Crippen LogP contribution >= 0.6 is 0 Å². The number of nitrogens with one attached hydrogen (secondary N) is 1. The van der Waals surface area contributed by atoms with Crippen molar-refractivity contribution in [3.05, 3.63) is 0 Å². The van der Waals surface area contributed by atoms with E-state index in [1.54, 1.807) is 0 Å². The van der Waals surface area contributed by atoms with Gasteiger partial charge in [0.25, 0.3) is 0 Å². The molecule has 1 fully saturated rings. The maximum Gasteiger partial charge on any atom is 0.0281 e. The second-order valence-corrected chi connectivity index (χ2v) is 6.80. The normalized spacial score (nSPS) is 17.9. The lowest BCUT2D eigenvalue weighted by Crippen LogP contribution is -2.57. The summed E-state index contributed by atoms with van der Waals surface area (Å²) in [5.41, 5.74) is 0.285. The molecular weight excluding hydrogens is 260 g/mol. The predicted octanol–water partition coefficient (Wildman–Crippen LogP) is 1.72. The van der Waals surface area contributed by atoms with E-state index in [9.17, 15) is 0 Å². The lowest BCUT2D eigenvalue weighted by Gasteiger charge is -2.43. The van der Waals surface area contributed by atoms with Gasteiger partial charge in [-0.2, -0.15) is 0 Å². The van der Waals surface area contributed by atoms with Crippen LogP contribution in [-0.4, -0.2) is 85.7 Å². The van der Waals surface area contributed by atoms with Crippen LogP contribution in [0.4, 0.5) is 0 Å². The summed E-state index contributed by atoms with van der Waals surface area (Å²) in [5.74, 6) is 0. The summed E-state index contributed by atoms with van der Waals surface area (Å²) >= 11 is 0. The molecule has 0 aromatic rings. The molecule has 0 bridgehead atoms. The van der Waals surface area contributed by atoms with Crippen LogP contribution in [-0.2, 0) is 0 Å². The molecule has 0 aliphatic carbocycles. The number of piperazine rings is 1. The summed E-state index contributed by atoms with van der Waals surface area (Å²) in [6.07, 6.45) is 1.28. The van der Waals surface area contributed by atoms with Gasteiger partial charge in [-0.05, 0) is 53.0 Å². The average molecular weight is 299 g/mol. The van der Waals surface area contributed by atoms with E-state index in [0.717, 1.165) is 19.6 Å². The van der Waals surface area contributed by atoms with Gasteiger partial charge in [0.1, 0.15) is 0 Å². The Labute approximate surface area is 132 Å². The quantitative estimate of drug-likeness (QED) is 0.663. The molecule has 1 N–H and O–H groups in total. The summed E-state index contributed by atoms with van der Waals surface area (Å²) in [4.78, 5) is 7.80. The van der Waals surface area contributed by atoms with Crippen molar-refractivity contribution in [2.75, 3.05) is 65.4 Å². The Balaban J connectivity index is 2.37. The standard InChI is InChI=1S/C17H38N4/c1-6-19(7-2)12-9-13-20(8-3)16-17(4,5)21-14-10-18-11-15-21/h18H,6-16H2,1-5H3. The van der Waals surface area contributed by atoms with Crippen LogP contribution in [0.5, 0.6) is 0 Å². The van der Waals surface area contributed by atoms with Gasteiger partial charge in [-0.3, -0.25) is 4.90 Å². The molecule has 1 rings (SSSR count). The van der Waals surface area contributed by atoms with Gasteiger partial charge in [0.05, 0.1) is 0 Å². The summed E-state index contributed by atoms with van der Waals surface area (Å²) in [5, 5.41) is 3.45. The molecule has 1 aliphatic rings. The maximum atomic E-state index is 3.45. The largest absolute Gasteiger partial charge is 0.314 e. The third kappa shape index (κ3) is 6.64. The third-order valence-electron chi connectivity index (χ3n) is 4.87. The van der Waals surface area contributed by atoms with E-state index >= 15 is 0 Å². The topological polar surface area (TPSA) is 21.8 Å². The summed E-state index contributed by atoms with van der Waals surface area (Å²) in [7, 11) is 0. The van der Waals surface area contributed by atoms with E-state index in [1.165, 1.54) is 52.2 Å². The van der Waals surface area contributed by atoms with Crippen LogP contribution in [0.1, 0.15) is 41.0 Å². The summed E-state index contributed by atoms with van der Waals surface area (Å²) in [6, 6.07) is 0. The summed E-state index contributed by atoms with van der Waals surface area (Å²) in [6.45, 7) is 23.4. The fourth-order valence-corrected chi connectivity index (χ4v) is 3.32. The van der Waals surface area contributed by atoms with Gasteiger partial charge in [-0.15, -0.1) is 0 Å². The molecule has 0 amide bonds. The minimum atomic E-state index is 0.285. The second kappa shape index (κ2) is 9.78. The van der Waals surface area contributed by atoms with Crippen molar-refractivity contribution in [1.82, 2.24) is 20.0 Å². The van der Waals surface area contributed by atoms with Crippen LogP contribution in [0, 0.1) is 0 Å². The third-order valence-corrected chi connectivity index (χ3v) is 4.87. The first kappa shape index (κ1) is 18.9. The number of hydrogen-bond acceptors (Lipinski definition) is 4. The number of rotatable bonds is 10. The molecule has 0 aromatic heterocycles. The highest BCUT2D eigenvalue weighted by Crippen LogP contribution is 2.17. The van der Waals surface area contributed by atoms with Crippen molar-refractivity contribution in [1.29, 1.82) is 0 Å². The molecule has 0 aromatic carbocycles. The average Bonchev–Trinajstić information content (AvgIpc) is 2.51. The molecule has 21 heavy (non-hydrogen) atoms. The van der Waals surface area contributed by atoms with Crippen LogP contribution in [0.2, 0.25) is 0 Å². The van der Waals surface area contributed by atoms with E-state index < -0.39 is 0 Å². The molecule has 4 nitrogen and oxygen atoms in total. The lowest BCUT2D eigenvalue weighted by molar-refractivity contribution is 0.0634. The molecule has 126 valence electrons. The molecule has 1 aliphatic heterocycles. The van der Waals surface area contributed by atoms with Crippen molar-refractivity contribution >= 4 is 0 Å². The highest BCUT2D eigenvalue weighted by Gasteiger charge is 2.29. The molecule has 0 unspecified atom stereocenters. The van der Waals surface area contributed by atoms with Crippen LogP contribution in [0.25, 0.3) is 0 Å². The molecule has 0 atom stereocenters. The highest BCUT2D eigenvalue weighted by molar-refractivity contribution is 4.87. The molecule has 0 radical (unpaired) electrons. The second-order valence-electron chi connectivity index (χ2n) is 6.80. The number of hydrogen-bond donors (Lipinski definition) is 1. The van der Waals surface area contributed by atoms with Crippen LogP contribution < -0.4 is 5.32 Å². The fourth-order valence-electron chi connectivity index (χ4n) is 3.32. The van der Waals surface area contributed by atoms with Crippen LogP contribution in [0.3, 0.4) is 0 Å². The van der Waals surface area contributed by atoms with E-state index in [4.69, 9.17) is 0 Å². The Morgan fingerprint density at radius 2 is 1.43 bits per heavy atom. The zero-order valence-corrected chi connectivity index (χ0v) is 15.1. The molecule has 0 spiro atoms. The first-order chi connectivity index (χ1) is 10.0. The van der Waals surface area contributed by atoms with Crippen molar-refractivity contribution in [2.45, 2.75) is 46.6 Å². The molecule has 1 heterocycles. The number of nitrogens with zero attached hydrogens (tertiary/aromatic N) is 3. The van der Waals surface area contributed by atoms with Crippen molar-refractivity contribution in [3.63, 3.8) is 0 Å². The highest BCUT2D eigenvalue weighted by atomic mass is 15.3. The van der Waals surface area contributed by atoms with Crippen LogP contribution in [0.15, 0.2) is 0 Å². The summed E-state index contributed by atoms with van der Waals surface area (Å²) < 4.78 is 0. The van der Waals surface area contributed by atoms with Gasteiger partial charge in [-0.1, -0.05) is 20.8 Å². The Bertz CT molecular complexity index is 258. The zero-order valence-electron chi connectivity index (χ0n) is 15.1. The first-order valence-electron chi connectivity index (χ1n) is 8.94. The molecule has 1 saturated heterocycles. The minimum Gasteiger partial charge on any atom is -0.314 e.